The van der Waals surface area contributed by atoms with E-state index >= 15 is 0 Å². The molecule has 0 spiro atoms. The maximum Gasteiger partial charge on any atom is 0.177 e. The summed E-state index contributed by atoms with van der Waals surface area (Å²) in [6.07, 6.45) is 4.11. The second kappa shape index (κ2) is 4.10. The molecule has 0 amide bonds. The normalized spacial score (nSPS) is 12.2. The summed E-state index contributed by atoms with van der Waals surface area (Å²) in [4.78, 5) is 4.22. The van der Waals surface area contributed by atoms with Gasteiger partial charge in [0, 0.05) is 6.54 Å². The molecule has 0 fully saturated rings. The van der Waals surface area contributed by atoms with Gasteiger partial charge in [-0.2, -0.15) is 0 Å². The van der Waals surface area contributed by atoms with Crippen molar-refractivity contribution in [2.75, 3.05) is 0 Å². The van der Waals surface area contributed by atoms with Gasteiger partial charge in [-0.3, -0.25) is 0 Å². The number of aromatic nitrogens is 2. The maximum atomic E-state index is 6.06. The first-order valence-electron chi connectivity index (χ1n) is 5.50. The van der Waals surface area contributed by atoms with Crippen molar-refractivity contribution in [3.8, 4) is 0 Å². The minimum atomic E-state index is 0.322. The van der Waals surface area contributed by atoms with E-state index in [1.807, 2.05) is 22.8 Å². The Hall–Kier alpha value is -1.02. The van der Waals surface area contributed by atoms with Gasteiger partial charge in [-0.1, -0.05) is 38.4 Å². The van der Waals surface area contributed by atoms with E-state index < -0.39 is 0 Å². The Morgan fingerprint density at radius 3 is 2.81 bits per heavy atom. The van der Waals surface area contributed by atoms with Crippen LogP contribution in [0.15, 0.2) is 18.2 Å². The number of rotatable bonds is 2. The van der Waals surface area contributed by atoms with Gasteiger partial charge >= 0.3 is 0 Å². The average Bonchev–Trinajstić information content (AvgIpc) is 2.58. The third kappa shape index (κ3) is 2.38. The quantitative estimate of drug-likeness (QED) is 0.771. The molecule has 0 unspecified atom stereocenters. The number of hydrogen-bond acceptors (Lipinski definition) is 1. The highest BCUT2D eigenvalue weighted by molar-refractivity contribution is 6.34. The second-order valence-corrected chi connectivity index (χ2v) is 5.69. The number of nitrogens with zero attached hydrogens (tertiary/aromatic N) is 2. The molecular formula is C13H16ClN2. The molecule has 2 aromatic rings. The molecule has 0 N–H and O–H groups in total. The molecule has 1 aromatic heterocycles. The molecule has 0 saturated carbocycles. The lowest BCUT2D eigenvalue weighted by molar-refractivity contribution is 0.352. The standard InChI is InChI=1S/C13H16ClN2/c1-13(2,3)7-8-16-9-15-12-10(14)5-4-6-11(12)16/h4-6H,7-8H2,1-3H3. The first kappa shape index (κ1) is 11.5. The van der Waals surface area contributed by atoms with Crippen LogP contribution in [0.25, 0.3) is 11.0 Å². The molecule has 1 heterocycles. The van der Waals surface area contributed by atoms with E-state index in [4.69, 9.17) is 11.6 Å². The summed E-state index contributed by atoms with van der Waals surface area (Å²) in [7, 11) is 0. The van der Waals surface area contributed by atoms with Gasteiger partial charge < -0.3 is 4.57 Å². The Morgan fingerprint density at radius 2 is 2.12 bits per heavy atom. The lowest BCUT2D eigenvalue weighted by atomic mass is 9.92. The zero-order valence-electron chi connectivity index (χ0n) is 9.92. The Labute approximate surface area is 101 Å². The maximum absolute atomic E-state index is 6.06. The molecule has 1 aromatic carbocycles. The monoisotopic (exact) mass is 235 g/mol. The molecular weight excluding hydrogens is 220 g/mol. The van der Waals surface area contributed by atoms with Crippen LogP contribution >= 0.6 is 11.6 Å². The predicted molar refractivity (Wildman–Crippen MR) is 67.7 cm³/mol. The van der Waals surface area contributed by atoms with Crippen LogP contribution in [-0.4, -0.2) is 9.55 Å². The van der Waals surface area contributed by atoms with Gasteiger partial charge in [0.2, 0.25) is 0 Å². The molecule has 0 saturated heterocycles. The molecule has 2 nitrogen and oxygen atoms in total. The number of halogens is 1. The van der Waals surface area contributed by atoms with Gasteiger partial charge in [-0.05, 0) is 24.0 Å². The summed E-state index contributed by atoms with van der Waals surface area (Å²) < 4.78 is 2.05. The summed E-state index contributed by atoms with van der Waals surface area (Å²) in [5, 5.41) is 0.697. The highest BCUT2D eigenvalue weighted by Crippen LogP contribution is 2.24. The third-order valence-corrected chi connectivity index (χ3v) is 2.93. The van der Waals surface area contributed by atoms with E-state index in [0.717, 1.165) is 24.0 Å². The Kier molecular flexibility index (Phi) is 2.94. The SMILES string of the molecule is CC(C)(C)CCn1[c]nc2c(Cl)cccc21. The largest absolute Gasteiger partial charge is 0.321 e. The first-order valence-corrected chi connectivity index (χ1v) is 5.88. The first-order chi connectivity index (χ1) is 7.47. The minimum absolute atomic E-state index is 0.322. The molecule has 85 valence electrons. The Morgan fingerprint density at radius 1 is 1.38 bits per heavy atom. The van der Waals surface area contributed by atoms with E-state index in [9.17, 15) is 0 Å². The summed E-state index contributed by atoms with van der Waals surface area (Å²) in [5.74, 6) is 0. The van der Waals surface area contributed by atoms with Gasteiger partial charge in [0.05, 0.1) is 10.5 Å². The van der Waals surface area contributed by atoms with Crippen molar-refractivity contribution < 1.29 is 0 Å². The van der Waals surface area contributed by atoms with Crippen molar-refractivity contribution in [2.45, 2.75) is 33.7 Å². The van der Waals surface area contributed by atoms with Crippen molar-refractivity contribution in [1.29, 1.82) is 0 Å². The van der Waals surface area contributed by atoms with Gasteiger partial charge in [0.15, 0.2) is 6.33 Å². The molecule has 0 aliphatic heterocycles. The molecule has 0 aliphatic rings. The van der Waals surface area contributed by atoms with Crippen molar-refractivity contribution in [2.24, 2.45) is 5.41 Å². The van der Waals surface area contributed by atoms with Gasteiger partial charge in [0.25, 0.3) is 0 Å². The molecule has 0 atom stereocenters. The Balaban J connectivity index is 2.29. The summed E-state index contributed by atoms with van der Waals surface area (Å²) >= 11 is 6.06. The fourth-order valence-electron chi connectivity index (χ4n) is 1.61. The van der Waals surface area contributed by atoms with Crippen LogP contribution in [0.2, 0.25) is 5.02 Å². The van der Waals surface area contributed by atoms with Crippen LogP contribution in [0.5, 0.6) is 0 Å². The highest BCUT2D eigenvalue weighted by atomic mass is 35.5. The van der Waals surface area contributed by atoms with Gasteiger partial charge in [-0.25, -0.2) is 4.98 Å². The van der Waals surface area contributed by atoms with Crippen LogP contribution in [0.4, 0.5) is 0 Å². The topological polar surface area (TPSA) is 17.8 Å². The summed E-state index contributed by atoms with van der Waals surface area (Å²) in [5.41, 5.74) is 2.23. The number of fused-ring (bicyclic) bond motifs is 1. The summed E-state index contributed by atoms with van der Waals surface area (Å²) in [6.45, 7) is 7.64. The zero-order valence-corrected chi connectivity index (χ0v) is 10.7. The van der Waals surface area contributed by atoms with E-state index in [-0.39, 0.29) is 0 Å². The van der Waals surface area contributed by atoms with Crippen LogP contribution in [0.1, 0.15) is 27.2 Å². The predicted octanol–water partition coefficient (Wildman–Crippen LogP) is 3.93. The van der Waals surface area contributed by atoms with E-state index in [1.54, 1.807) is 0 Å². The number of aryl methyl sites for hydroxylation is 1. The van der Waals surface area contributed by atoms with Crippen molar-refractivity contribution in [1.82, 2.24) is 9.55 Å². The number of para-hydroxylation sites is 1. The van der Waals surface area contributed by atoms with Gasteiger partial charge in [0.1, 0.15) is 5.52 Å². The number of imidazole rings is 1. The Bertz CT molecular complexity index is 494. The molecule has 2 rings (SSSR count). The fraction of sp³-hybridized carbons (Fsp3) is 0.462. The van der Waals surface area contributed by atoms with E-state index in [0.29, 0.717) is 10.4 Å². The van der Waals surface area contributed by atoms with Crippen LogP contribution < -0.4 is 0 Å². The minimum Gasteiger partial charge on any atom is -0.321 e. The number of benzene rings is 1. The molecule has 0 aliphatic carbocycles. The van der Waals surface area contributed by atoms with E-state index in [1.165, 1.54) is 0 Å². The van der Waals surface area contributed by atoms with Crippen molar-refractivity contribution in [3.63, 3.8) is 0 Å². The molecule has 0 bridgehead atoms. The second-order valence-electron chi connectivity index (χ2n) is 5.28. The highest BCUT2D eigenvalue weighted by Gasteiger charge is 2.12. The van der Waals surface area contributed by atoms with Crippen molar-refractivity contribution >= 4 is 22.6 Å². The number of hydrogen-bond donors (Lipinski definition) is 0. The molecule has 16 heavy (non-hydrogen) atoms. The smallest absolute Gasteiger partial charge is 0.177 e. The van der Waals surface area contributed by atoms with Crippen LogP contribution in [-0.2, 0) is 6.54 Å². The van der Waals surface area contributed by atoms with Crippen molar-refractivity contribution in [3.05, 3.63) is 29.5 Å². The molecule has 3 heteroatoms. The van der Waals surface area contributed by atoms with Crippen LogP contribution in [0.3, 0.4) is 0 Å². The summed E-state index contributed by atoms with van der Waals surface area (Å²) in [6, 6.07) is 5.85. The average molecular weight is 236 g/mol. The lowest BCUT2D eigenvalue weighted by Crippen LogP contribution is -2.09. The third-order valence-electron chi connectivity index (χ3n) is 2.62. The lowest BCUT2D eigenvalue weighted by Gasteiger charge is -2.18. The van der Waals surface area contributed by atoms with E-state index in [2.05, 4.69) is 32.1 Å². The molecule has 1 radical (unpaired) electrons. The van der Waals surface area contributed by atoms with Gasteiger partial charge in [-0.15, -0.1) is 0 Å². The van der Waals surface area contributed by atoms with Crippen LogP contribution in [0, 0.1) is 11.7 Å². The fourth-order valence-corrected chi connectivity index (χ4v) is 1.83. The zero-order chi connectivity index (χ0) is 11.8.